The zero-order chi connectivity index (χ0) is 23.9. The van der Waals surface area contributed by atoms with Crippen LogP contribution in [-0.2, 0) is 13.0 Å². The molecule has 0 fully saturated rings. The smallest absolute Gasteiger partial charge is 0.322 e. The minimum absolute atomic E-state index is 0.156. The number of fused-ring (bicyclic) bond motifs is 1. The predicted octanol–water partition coefficient (Wildman–Crippen LogP) is 5.86. The summed E-state index contributed by atoms with van der Waals surface area (Å²) >= 11 is 6.07. The lowest BCUT2D eigenvalue weighted by atomic mass is 10.1. The molecule has 0 saturated carbocycles. The zero-order valence-electron chi connectivity index (χ0n) is 18.9. The molecule has 0 aliphatic heterocycles. The number of urea groups is 1. The molecule has 7 heteroatoms. The van der Waals surface area contributed by atoms with E-state index < -0.39 is 0 Å². The van der Waals surface area contributed by atoms with Gasteiger partial charge in [0.05, 0.1) is 13.2 Å². The van der Waals surface area contributed by atoms with Gasteiger partial charge < -0.3 is 19.9 Å². The van der Waals surface area contributed by atoms with Crippen molar-refractivity contribution in [3.8, 4) is 5.75 Å². The minimum atomic E-state index is -0.305. The molecule has 0 atom stereocenters. The SMILES string of the molecule is CCOc1ccc2[nH]c(=O)c(CN(CCc3ccccc3)C(=O)Nc3cccc(Cl)c3)cc2c1. The minimum Gasteiger partial charge on any atom is -0.494 e. The normalized spacial score (nSPS) is 10.8. The number of H-pyrrole nitrogens is 1. The summed E-state index contributed by atoms with van der Waals surface area (Å²) in [4.78, 5) is 30.6. The fourth-order valence-electron chi connectivity index (χ4n) is 3.74. The van der Waals surface area contributed by atoms with Crippen LogP contribution in [0.2, 0.25) is 5.02 Å². The number of nitrogens with zero attached hydrogens (tertiary/aromatic N) is 1. The number of benzene rings is 3. The lowest BCUT2D eigenvalue weighted by molar-refractivity contribution is 0.209. The van der Waals surface area contributed by atoms with Crippen LogP contribution in [0.3, 0.4) is 0 Å². The molecule has 6 nitrogen and oxygen atoms in total. The zero-order valence-corrected chi connectivity index (χ0v) is 19.6. The number of anilines is 1. The number of carbonyl (C=O) groups excluding carboxylic acids is 1. The number of nitrogens with one attached hydrogen (secondary N) is 2. The Labute approximate surface area is 203 Å². The van der Waals surface area contributed by atoms with Crippen LogP contribution in [0.5, 0.6) is 5.75 Å². The summed E-state index contributed by atoms with van der Waals surface area (Å²) < 4.78 is 5.59. The first-order valence-electron chi connectivity index (χ1n) is 11.2. The maximum Gasteiger partial charge on any atom is 0.322 e. The summed E-state index contributed by atoms with van der Waals surface area (Å²) in [5.41, 5.74) is 2.69. The first kappa shape index (κ1) is 23.4. The van der Waals surface area contributed by atoms with Crippen molar-refractivity contribution in [2.45, 2.75) is 19.9 Å². The molecule has 3 aromatic carbocycles. The van der Waals surface area contributed by atoms with Gasteiger partial charge in [-0.2, -0.15) is 0 Å². The van der Waals surface area contributed by atoms with Crippen molar-refractivity contribution in [1.29, 1.82) is 0 Å². The molecule has 0 bridgehead atoms. The van der Waals surface area contributed by atoms with E-state index in [9.17, 15) is 9.59 Å². The predicted molar refractivity (Wildman–Crippen MR) is 137 cm³/mol. The summed E-state index contributed by atoms with van der Waals surface area (Å²) in [6, 6.07) is 24.0. The third-order valence-corrected chi connectivity index (χ3v) is 5.68. The van der Waals surface area contributed by atoms with E-state index >= 15 is 0 Å². The highest BCUT2D eigenvalue weighted by atomic mass is 35.5. The van der Waals surface area contributed by atoms with Crippen LogP contribution in [0.15, 0.2) is 83.7 Å². The van der Waals surface area contributed by atoms with Crippen molar-refractivity contribution in [1.82, 2.24) is 9.88 Å². The summed E-state index contributed by atoms with van der Waals surface area (Å²) in [6.45, 7) is 3.07. The van der Waals surface area contributed by atoms with Crippen LogP contribution in [0.4, 0.5) is 10.5 Å². The monoisotopic (exact) mass is 475 g/mol. The van der Waals surface area contributed by atoms with Gasteiger partial charge in [-0.25, -0.2) is 4.79 Å². The fourth-order valence-corrected chi connectivity index (χ4v) is 3.93. The Hall–Kier alpha value is -3.77. The van der Waals surface area contributed by atoms with E-state index in [0.717, 1.165) is 22.2 Å². The Morgan fingerprint density at radius 3 is 2.62 bits per heavy atom. The largest absolute Gasteiger partial charge is 0.494 e. The van der Waals surface area contributed by atoms with E-state index in [1.54, 1.807) is 29.2 Å². The second-order valence-corrected chi connectivity index (χ2v) is 8.34. The van der Waals surface area contributed by atoms with Gasteiger partial charge in [0.1, 0.15) is 5.75 Å². The first-order valence-corrected chi connectivity index (χ1v) is 11.5. The Morgan fingerprint density at radius 2 is 1.85 bits per heavy atom. The van der Waals surface area contributed by atoms with Gasteiger partial charge in [0.15, 0.2) is 0 Å². The molecule has 34 heavy (non-hydrogen) atoms. The second kappa shape index (κ2) is 10.9. The van der Waals surface area contributed by atoms with E-state index in [1.165, 1.54) is 0 Å². The van der Waals surface area contributed by atoms with Gasteiger partial charge in [0.25, 0.3) is 5.56 Å². The number of ether oxygens (including phenoxy) is 1. The number of hydrogen-bond acceptors (Lipinski definition) is 3. The van der Waals surface area contributed by atoms with Crippen LogP contribution in [0.1, 0.15) is 18.1 Å². The maximum absolute atomic E-state index is 13.2. The lowest BCUT2D eigenvalue weighted by Gasteiger charge is -2.23. The molecule has 2 N–H and O–H groups in total. The van der Waals surface area contributed by atoms with E-state index in [1.807, 2.05) is 61.5 Å². The molecule has 1 heterocycles. The summed E-state index contributed by atoms with van der Waals surface area (Å²) in [6.07, 6.45) is 0.657. The summed E-state index contributed by atoms with van der Waals surface area (Å²) in [5.74, 6) is 0.729. The Bertz CT molecular complexity index is 1340. The molecular formula is C27H26ClN3O3. The summed E-state index contributed by atoms with van der Waals surface area (Å²) in [7, 11) is 0. The van der Waals surface area contributed by atoms with Gasteiger partial charge in [-0.05, 0) is 61.4 Å². The Morgan fingerprint density at radius 1 is 1.03 bits per heavy atom. The van der Waals surface area contributed by atoms with Gasteiger partial charge in [-0.15, -0.1) is 0 Å². The Balaban J connectivity index is 1.60. The lowest BCUT2D eigenvalue weighted by Crippen LogP contribution is -2.37. The van der Waals surface area contributed by atoms with Gasteiger partial charge in [-0.3, -0.25) is 4.79 Å². The molecule has 0 unspecified atom stereocenters. The molecule has 4 aromatic rings. The average Bonchev–Trinajstić information content (AvgIpc) is 2.83. The number of aromatic amines is 1. The highest BCUT2D eigenvalue weighted by Crippen LogP contribution is 2.20. The van der Waals surface area contributed by atoms with Crippen molar-refractivity contribution in [3.63, 3.8) is 0 Å². The molecule has 0 radical (unpaired) electrons. The van der Waals surface area contributed by atoms with E-state index in [2.05, 4.69) is 10.3 Å². The van der Waals surface area contributed by atoms with Gasteiger partial charge in [0, 0.05) is 33.7 Å². The average molecular weight is 476 g/mol. The highest BCUT2D eigenvalue weighted by Gasteiger charge is 2.17. The molecule has 0 saturated heterocycles. The third-order valence-electron chi connectivity index (χ3n) is 5.44. The van der Waals surface area contributed by atoms with E-state index in [0.29, 0.717) is 35.8 Å². The number of carbonyl (C=O) groups is 1. The van der Waals surface area contributed by atoms with Crippen LogP contribution in [-0.4, -0.2) is 29.1 Å². The van der Waals surface area contributed by atoms with Gasteiger partial charge in [-0.1, -0.05) is 48.0 Å². The standard InChI is InChI=1S/C27H26ClN3O3/c1-2-34-24-11-12-25-20(16-24)15-21(26(32)30-25)18-31(14-13-19-7-4-3-5-8-19)27(33)29-23-10-6-9-22(28)17-23/h3-12,15-17H,2,13-14,18H2,1H3,(H,29,33)(H,30,32). The number of pyridine rings is 1. The molecule has 174 valence electrons. The molecular weight excluding hydrogens is 450 g/mol. The molecule has 0 spiro atoms. The van der Waals surface area contributed by atoms with Crippen LogP contribution in [0.25, 0.3) is 10.9 Å². The van der Waals surface area contributed by atoms with Crippen LogP contribution >= 0.6 is 11.6 Å². The van der Waals surface area contributed by atoms with Crippen molar-refractivity contribution in [2.24, 2.45) is 0 Å². The van der Waals surface area contributed by atoms with Crippen LogP contribution in [0, 0.1) is 0 Å². The van der Waals surface area contributed by atoms with Crippen LogP contribution < -0.4 is 15.6 Å². The maximum atomic E-state index is 13.2. The molecule has 2 amide bonds. The van der Waals surface area contributed by atoms with Crippen molar-refractivity contribution in [3.05, 3.63) is 105 Å². The first-order chi connectivity index (χ1) is 16.5. The molecule has 0 aliphatic carbocycles. The number of halogens is 1. The second-order valence-electron chi connectivity index (χ2n) is 7.90. The third kappa shape index (κ3) is 5.97. The fraction of sp³-hybridized carbons (Fsp3) is 0.185. The number of amides is 2. The van der Waals surface area contributed by atoms with Gasteiger partial charge in [0.2, 0.25) is 0 Å². The number of aromatic nitrogens is 1. The molecule has 4 rings (SSSR count). The topological polar surface area (TPSA) is 74.4 Å². The Kier molecular flexibility index (Phi) is 7.50. The van der Waals surface area contributed by atoms with E-state index in [-0.39, 0.29) is 18.1 Å². The number of rotatable bonds is 8. The molecule has 0 aliphatic rings. The van der Waals surface area contributed by atoms with Crippen molar-refractivity contribution in [2.75, 3.05) is 18.5 Å². The van der Waals surface area contributed by atoms with Gasteiger partial charge >= 0.3 is 6.03 Å². The number of hydrogen-bond donors (Lipinski definition) is 2. The van der Waals surface area contributed by atoms with Crippen molar-refractivity contribution >= 4 is 34.2 Å². The van der Waals surface area contributed by atoms with E-state index in [4.69, 9.17) is 16.3 Å². The quantitative estimate of drug-likeness (QED) is 0.335. The van der Waals surface area contributed by atoms with Crippen molar-refractivity contribution < 1.29 is 9.53 Å². The summed E-state index contributed by atoms with van der Waals surface area (Å²) in [5, 5.41) is 4.27. The molecule has 1 aromatic heterocycles. The highest BCUT2D eigenvalue weighted by molar-refractivity contribution is 6.30.